The first-order valence-electron chi connectivity index (χ1n) is 5.73. The largest absolute Gasteiger partial charge is 0.382 e. The first-order valence-corrected chi connectivity index (χ1v) is 7.49. The maximum atomic E-state index is 12.1. The SMILES string of the molecule is CC(C)(C)Nc1nc(N)c(C(=O)Nc2ccsc2)s1. The summed E-state index contributed by atoms with van der Waals surface area (Å²) >= 11 is 2.78. The topological polar surface area (TPSA) is 80.0 Å². The number of rotatable bonds is 3. The van der Waals surface area contributed by atoms with Crippen LogP contribution in [-0.2, 0) is 0 Å². The zero-order valence-corrected chi connectivity index (χ0v) is 12.6. The van der Waals surface area contributed by atoms with Gasteiger partial charge in [-0.15, -0.1) is 0 Å². The van der Waals surface area contributed by atoms with Gasteiger partial charge in [0.15, 0.2) is 5.13 Å². The van der Waals surface area contributed by atoms with E-state index in [-0.39, 0.29) is 17.3 Å². The van der Waals surface area contributed by atoms with Crippen LogP contribution in [0.2, 0.25) is 0 Å². The van der Waals surface area contributed by atoms with Crippen LogP contribution < -0.4 is 16.4 Å². The van der Waals surface area contributed by atoms with Crippen molar-refractivity contribution >= 4 is 45.2 Å². The van der Waals surface area contributed by atoms with Crippen LogP contribution in [-0.4, -0.2) is 16.4 Å². The highest BCUT2D eigenvalue weighted by molar-refractivity contribution is 7.18. The van der Waals surface area contributed by atoms with Crippen LogP contribution in [0.5, 0.6) is 0 Å². The van der Waals surface area contributed by atoms with E-state index in [9.17, 15) is 4.79 Å². The molecule has 102 valence electrons. The van der Waals surface area contributed by atoms with E-state index in [0.29, 0.717) is 10.0 Å². The third-order valence-electron chi connectivity index (χ3n) is 2.12. The second kappa shape index (κ2) is 5.18. The molecule has 2 heterocycles. The number of carbonyl (C=O) groups is 1. The number of hydrogen-bond acceptors (Lipinski definition) is 6. The van der Waals surface area contributed by atoms with Gasteiger partial charge in [-0.25, -0.2) is 4.98 Å². The van der Waals surface area contributed by atoms with Crippen LogP contribution in [0, 0.1) is 0 Å². The molecule has 4 N–H and O–H groups in total. The minimum atomic E-state index is -0.227. The number of nitrogen functional groups attached to an aromatic ring is 1. The number of aromatic nitrogens is 1. The number of nitrogens with two attached hydrogens (primary N) is 1. The quantitative estimate of drug-likeness (QED) is 0.812. The van der Waals surface area contributed by atoms with E-state index in [1.54, 1.807) is 0 Å². The first-order chi connectivity index (χ1) is 8.85. The highest BCUT2D eigenvalue weighted by Crippen LogP contribution is 2.28. The molecule has 0 radical (unpaired) electrons. The van der Waals surface area contributed by atoms with Crippen LogP contribution in [0.4, 0.5) is 16.6 Å². The lowest BCUT2D eigenvalue weighted by Gasteiger charge is -2.19. The Balaban J connectivity index is 2.14. The van der Waals surface area contributed by atoms with E-state index in [4.69, 9.17) is 5.73 Å². The van der Waals surface area contributed by atoms with E-state index in [2.05, 4.69) is 15.6 Å². The fraction of sp³-hybridized carbons (Fsp3) is 0.333. The Morgan fingerprint density at radius 2 is 2.16 bits per heavy atom. The van der Waals surface area contributed by atoms with Gasteiger partial charge in [-0.05, 0) is 32.2 Å². The van der Waals surface area contributed by atoms with Gasteiger partial charge < -0.3 is 16.4 Å². The Hall–Kier alpha value is -1.60. The Morgan fingerprint density at radius 3 is 2.74 bits per heavy atom. The molecule has 2 rings (SSSR count). The minimum absolute atomic E-state index is 0.120. The average Bonchev–Trinajstić information content (AvgIpc) is 2.85. The molecular weight excluding hydrogens is 280 g/mol. The van der Waals surface area contributed by atoms with E-state index >= 15 is 0 Å². The van der Waals surface area contributed by atoms with Crippen LogP contribution >= 0.6 is 22.7 Å². The van der Waals surface area contributed by atoms with Crippen molar-refractivity contribution < 1.29 is 4.79 Å². The molecule has 2 aromatic heterocycles. The van der Waals surface area contributed by atoms with Crippen molar-refractivity contribution in [3.63, 3.8) is 0 Å². The summed E-state index contributed by atoms with van der Waals surface area (Å²) in [6, 6.07) is 1.84. The molecule has 0 unspecified atom stereocenters. The summed E-state index contributed by atoms with van der Waals surface area (Å²) < 4.78 is 0. The predicted molar refractivity (Wildman–Crippen MR) is 82.2 cm³/mol. The van der Waals surface area contributed by atoms with Crippen molar-refractivity contribution in [3.8, 4) is 0 Å². The van der Waals surface area contributed by atoms with Gasteiger partial charge in [-0.2, -0.15) is 11.3 Å². The van der Waals surface area contributed by atoms with E-state index < -0.39 is 0 Å². The Morgan fingerprint density at radius 1 is 1.42 bits per heavy atom. The van der Waals surface area contributed by atoms with Gasteiger partial charge in [0.1, 0.15) is 10.7 Å². The molecular formula is C12H16N4OS2. The number of anilines is 3. The number of thiophene rings is 1. The molecule has 19 heavy (non-hydrogen) atoms. The van der Waals surface area contributed by atoms with Gasteiger partial charge in [-0.1, -0.05) is 11.3 Å². The van der Waals surface area contributed by atoms with Gasteiger partial charge in [0, 0.05) is 10.9 Å². The van der Waals surface area contributed by atoms with Crippen molar-refractivity contribution in [1.29, 1.82) is 0 Å². The number of carbonyl (C=O) groups excluding carboxylic acids is 1. The number of nitrogens with zero attached hydrogens (tertiary/aromatic N) is 1. The van der Waals surface area contributed by atoms with Crippen LogP contribution in [0.3, 0.4) is 0 Å². The van der Waals surface area contributed by atoms with Crippen LogP contribution in [0.1, 0.15) is 30.4 Å². The van der Waals surface area contributed by atoms with Crippen molar-refractivity contribution in [1.82, 2.24) is 4.98 Å². The van der Waals surface area contributed by atoms with Gasteiger partial charge in [0.2, 0.25) is 0 Å². The Bertz CT molecular complexity index is 569. The van der Waals surface area contributed by atoms with E-state index in [1.807, 2.05) is 37.6 Å². The fourth-order valence-electron chi connectivity index (χ4n) is 1.39. The summed E-state index contributed by atoms with van der Waals surface area (Å²) in [5.41, 5.74) is 6.44. The summed E-state index contributed by atoms with van der Waals surface area (Å²) in [4.78, 5) is 16.7. The summed E-state index contributed by atoms with van der Waals surface area (Å²) in [7, 11) is 0. The zero-order chi connectivity index (χ0) is 14.0. The molecule has 0 aliphatic rings. The normalized spacial score (nSPS) is 11.3. The van der Waals surface area contributed by atoms with E-state index in [1.165, 1.54) is 22.7 Å². The molecule has 0 saturated carbocycles. The standard InChI is InChI=1S/C12H16N4OS2/c1-12(2,3)16-11-15-9(13)8(19-11)10(17)14-7-4-5-18-6-7/h4-6H,13H2,1-3H3,(H,14,17)(H,15,16). The first kappa shape index (κ1) is 13.8. The number of nitrogens with one attached hydrogen (secondary N) is 2. The maximum absolute atomic E-state index is 12.1. The second-order valence-electron chi connectivity index (χ2n) is 5.07. The van der Waals surface area contributed by atoms with Crippen molar-refractivity contribution in [2.45, 2.75) is 26.3 Å². The molecule has 0 bridgehead atoms. The molecule has 5 nitrogen and oxygen atoms in total. The molecule has 0 spiro atoms. The average molecular weight is 296 g/mol. The predicted octanol–water partition coefficient (Wildman–Crippen LogP) is 3.25. The second-order valence-corrected chi connectivity index (χ2v) is 6.85. The molecule has 0 atom stereocenters. The van der Waals surface area contributed by atoms with Crippen LogP contribution in [0.15, 0.2) is 16.8 Å². The molecule has 0 aliphatic carbocycles. The lowest BCUT2D eigenvalue weighted by atomic mass is 10.1. The summed E-state index contributed by atoms with van der Waals surface area (Å²) in [5, 5.41) is 10.4. The number of thiazole rings is 1. The zero-order valence-electron chi connectivity index (χ0n) is 11.0. The van der Waals surface area contributed by atoms with Gasteiger partial charge in [-0.3, -0.25) is 4.79 Å². The molecule has 0 aromatic carbocycles. The van der Waals surface area contributed by atoms with E-state index in [0.717, 1.165) is 5.69 Å². The molecule has 0 fully saturated rings. The molecule has 1 amide bonds. The lowest BCUT2D eigenvalue weighted by Crippen LogP contribution is -2.25. The number of hydrogen-bond donors (Lipinski definition) is 3. The highest BCUT2D eigenvalue weighted by Gasteiger charge is 2.19. The molecule has 7 heteroatoms. The third kappa shape index (κ3) is 3.68. The smallest absolute Gasteiger partial charge is 0.269 e. The van der Waals surface area contributed by atoms with Gasteiger partial charge in [0.25, 0.3) is 5.91 Å². The van der Waals surface area contributed by atoms with Crippen molar-refractivity contribution in [2.75, 3.05) is 16.4 Å². The Kier molecular flexibility index (Phi) is 3.77. The Labute approximate surface area is 119 Å². The highest BCUT2D eigenvalue weighted by atomic mass is 32.1. The fourth-order valence-corrected chi connectivity index (χ4v) is 2.97. The number of amides is 1. The summed E-state index contributed by atoms with van der Waals surface area (Å²) in [6.07, 6.45) is 0. The monoisotopic (exact) mass is 296 g/mol. The molecule has 0 aliphatic heterocycles. The minimum Gasteiger partial charge on any atom is -0.382 e. The maximum Gasteiger partial charge on any atom is 0.269 e. The van der Waals surface area contributed by atoms with Crippen molar-refractivity contribution in [3.05, 3.63) is 21.7 Å². The summed E-state index contributed by atoms with van der Waals surface area (Å²) in [6.45, 7) is 6.07. The lowest BCUT2D eigenvalue weighted by molar-refractivity contribution is 0.103. The van der Waals surface area contributed by atoms with Crippen molar-refractivity contribution in [2.24, 2.45) is 0 Å². The van der Waals surface area contributed by atoms with Crippen LogP contribution in [0.25, 0.3) is 0 Å². The molecule has 0 saturated heterocycles. The molecule has 2 aromatic rings. The van der Waals surface area contributed by atoms with Gasteiger partial charge in [0.05, 0.1) is 5.69 Å². The third-order valence-corrected chi connectivity index (χ3v) is 3.79. The summed E-state index contributed by atoms with van der Waals surface area (Å²) in [5.74, 6) is 0.0276. The van der Waals surface area contributed by atoms with Gasteiger partial charge >= 0.3 is 0 Å².